The summed E-state index contributed by atoms with van der Waals surface area (Å²) in [4.78, 5) is 28.0. The number of hydrogen-bond donors (Lipinski definition) is 0. The van der Waals surface area contributed by atoms with Crippen molar-refractivity contribution in [1.82, 2.24) is 4.98 Å². The summed E-state index contributed by atoms with van der Waals surface area (Å²) in [6.45, 7) is 5.90. The summed E-state index contributed by atoms with van der Waals surface area (Å²) < 4.78 is 9.96. The molecule has 0 atom stereocenters. The molecule has 0 aliphatic rings. The Kier molecular flexibility index (Phi) is 5.46. The van der Waals surface area contributed by atoms with E-state index in [1.807, 2.05) is 31.2 Å². The van der Waals surface area contributed by atoms with Crippen molar-refractivity contribution >= 4 is 11.9 Å². The SMILES string of the molecule is CCOC(=O)c1cc(-c2ccc(C)cc2)cc(C(=O)OCC)n1. The van der Waals surface area contributed by atoms with Crippen molar-refractivity contribution in [2.24, 2.45) is 0 Å². The summed E-state index contributed by atoms with van der Waals surface area (Å²) in [5, 5.41) is 0. The Morgan fingerprint density at radius 1 is 0.870 bits per heavy atom. The third kappa shape index (κ3) is 4.16. The van der Waals surface area contributed by atoms with Crippen LogP contribution in [0, 0.1) is 6.92 Å². The third-order valence-electron chi connectivity index (χ3n) is 3.18. The second-order valence-electron chi connectivity index (χ2n) is 4.93. The number of hydrogen-bond acceptors (Lipinski definition) is 5. The van der Waals surface area contributed by atoms with E-state index in [1.54, 1.807) is 26.0 Å². The molecule has 0 aliphatic heterocycles. The predicted molar refractivity (Wildman–Crippen MR) is 86.3 cm³/mol. The molecule has 0 bridgehead atoms. The molecule has 0 radical (unpaired) electrons. The highest BCUT2D eigenvalue weighted by Gasteiger charge is 2.17. The zero-order valence-electron chi connectivity index (χ0n) is 13.5. The van der Waals surface area contributed by atoms with Gasteiger partial charge in [-0.25, -0.2) is 14.6 Å². The minimum Gasteiger partial charge on any atom is -0.461 e. The van der Waals surface area contributed by atoms with Gasteiger partial charge in [0.1, 0.15) is 11.4 Å². The second kappa shape index (κ2) is 7.54. The molecule has 0 unspecified atom stereocenters. The first-order valence-electron chi connectivity index (χ1n) is 7.48. The normalized spacial score (nSPS) is 10.2. The lowest BCUT2D eigenvalue weighted by molar-refractivity contribution is 0.0511. The zero-order valence-corrected chi connectivity index (χ0v) is 13.5. The highest BCUT2D eigenvalue weighted by molar-refractivity contribution is 5.94. The van der Waals surface area contributed by atoms with Gasteiger partial charge in [0.05, 0.1) is 13.2 Å². The Morgan fingerprint density at radius 3 is 1.78 bits per heavy atom. The molecule has 2 aromatic rings. The summed E-state index contributed by atoms with van der Waals surface area (Å²) in [7, 11) is 0. The van der Waals surface area contributed by atoms with Crippen molar-refractivity contribution in [1.29, 1.82) is 0 Å². The Bertz CT molecular complexity index is 671. The number of aryl methyl sites for hydroxylation is 1. The molecule has 2 rings (SSSR count). The largest absolute Gasteiger partial charge is 0.461 e. The van der Waals surface area contributed by atoms with Gasteiger partial charge in [-0.05, 0) is 44.0 Å². The number of aromatic nitrogens is 1. The first-order valence-corrected chi connectivity index (χ1v) is 7.48. The quantitative estimate of drug-likeness (QED) is 0.791. The molecule has 0 amide bonds. The zero-order chi connectivity index (χ0) is 16.8. The van der Waals surface area contributed by atoms with E-state index in [0.717, 1.165) is 11.1 Å². The van der Waals surface area contributed by atoms with Crippen LogP contribution >= 0.6 is 0 Å². The Balaban J connectivity index is 2.50. The molecule has 5 nitrogen and oxygen atoms in total. The fourth-order valence-corrected chi connectivity index (χ4v) is 2.06. The van der Waals surface area contributed by atoms with Crippen LogP contribution in [0.2, 0.25) is 0 Å². The van der Waals surface area contributed by atoms with Crippen LogP contribution in [0.3, 0.4) is 0 Å². The summed E-state index contributed by atoms with van der Waals surface area (Å²) >= 11 is 0. The maximum absolute atomic E-state index is 12.0. The maximum Gasteiger partial charge on any atom is 0.356 e. The molecular weight excluding hydrogens is 294 g/mol. The Morgan fingerprint density at radius 2 is 1.35 bits per heavy atom. The van der Waals surface area contributed by atoms with Gasteiger partial charge in [-0.3, -0.25) is 0 Å². The second-order valence-corrected chi connectivity index (χ2v) is 4.93. The van der Waals surface area contributed by atoms with Gasteiger partial charge in [0.25, 0.3) is 0 Å². The van der Waals surface area contributed by atoms with Crippen LogP contribution in [0.1, 0.15) is 40.4 Å². The van der Waals surface area contributed by atoms with Crippen molar-refractivity contribution in [3.63, 3.8) is 0 Å². The molecule has 0 saturated heterocycles. The van der Waals surface area contributed by atoms with Crippen LogP contribution in [-0.4, -0.2) is 30.1 Å². The van der Waals surface area contributed by atoms with Crippen molar-refractivity contribution in [3.05, 3.63) is 53.3 Å². The van der Waals surface area contributed by atoms with Gasteiger partial charge < -0.3 is 9.47 Å². The minimum absolute atomic E-state index is 0.0907. The van der Waals surface area contributed by atoms with Gasteiger partial charge in [-0.1, -0.05) is 29.8 Å². The highest BCUT2D eigenvalue weighted by Crippen LogP contribution is 2.22. The molecule has 0 spiro atoms. The van der Waals surface area contributed by atoms with E-state index in [4.69, 9.17) is 9.47 Å². The molecule has 0 saturated carbocycles. The van der Waals surface area contributed by atoms with E-state index < -0.39 is 11.9 Å². The number of carbonyl (C=O) groups excluding carboxylic acids is 2. The van der Waals surface area contributed by atoms with E-state index in [9.17, 15) is 9.59 Å². The van der Waals surface area contributed by atoms with Crippen LogP contribution in [0.5, 0.6) is 0 Å². The van der Waals surface area contributed by atoms with Crippen molar-refractivity contribution in [2.45, 2.75) is 20.8 Å². The van der Waals surface area contributed by atoms with Crippen molar-refractivity contribution in [2.75, 3.05) is 13.2 Å². The lowest BCUT2D eigenvalue weighted by atomic mass is 10.0. The standard InChI is InChI=1S/C18H19NO4/c1-4-22-17(20)15-10-14(13-8-6-12(3)7-9-13)11-16(19-15)18(21)23-5-2/h6-11H,4-5H2,1-3H3. The van der Waals surface area contributed by atoms with E-state index in [1.165, 1.54) is 0 Å². The number of esters is 2. The molecule has 1 aromatic heterocycles. The molecule has 0 N–H and O–H groups in total. The first-order chi connectivity index (χ1) is 11.0. The van der Waals surface area contributed by atoms with Gasteiger partial charge in [-0.2, -0.15) is 0 Å². The topological polar surface area (TPSA) is 65.5 Å². The smallest absolute Gasteiger partial charge is 0.356 e. The third-order valence-corrected chi connectivity index (χ3v) is 3.18. The lowest BCUT2D eigenvalue weighted by Gasteiger charge is -2.09. The highest BCUT2D eigenvalue weighted by atomic mass is 16.5. The summed E-state index contributed by atoms with van der Waals surface area (Å²) in [6, 6.07) is 11.0. The minimum atomic E-state index is -0.563. The van der Waals surface area contributed by atoms with E-state index in [-0.39, 0.29) is 24.6 Å². The fraction of sp³-hybridized carbons (Fsp3) is 0.278. The predicted octanol–water partition coefficient (Wildman–Crippen LogP) is 3.41. The number of ether oxygens (including phenoxy) is 2. The average Bonchev–Trinajstić information content (AvgIpc) is 2.55. The number of carbonyl (C=O) groups is 2. The molecule has 1 aromatic carbocycles. The molecular formula is C18H19NO4. The average molecular weight is 313 g/mol. The van der Waals surface area contributed by atoms with Crippen molar-refractivity contribution < 1.29 is 19.1 Å². The first kappa shape index (κ1) is 16.7. The van der Waals surface area contributed by atoms with Gasteiger partial charge in [0.2, 0.25) is 0 Å². The molecule has 0 fully saturated rings. The van der Waals surface area contributed by atoms with Crippen LogP contribution in [-0.2, 0) is 9.47 Å². The number of benzene rings is 1. The van der Waals surface area contributed by atoms with Gasteiger partial charge in [-0.15, -0.1) is 0 Å². The number of nitrogens with zero attached hydrogens (tertiary/aromatic N) is 1. The number of rotatable bonds is 5. The molecule has 5 heteroatoms. The van der Waals surface area contributed by atoms with E-state index in [0.29, 0.717) is 5.56 Å². The van der Waals surface area contributed by atoms with Gasteiger partial charge >= 0.3 is 11.9 Å². The summed E-state index contributed by atoms with van der Waals surface area (Å²) in [5.74, 6) is -1.13. The van der Waals surface area contributed by atoms with Crippen LogP contribution < -0.4 is 0 Å². The van der Waals surface area contributed by atoms with Crippen LogP contribution in [0.15, 0.2) is 36.4 Å². The lowest BCUT2D eigenvalue weighted by Crippen LogP contribution is -2.13. The van der Waals surface area contributed by atoms with Gasteiger partial charge in [0.15, 0.2) is 0 Å². The van der Waals surface area contributed by atoms with Crippen LogP contribution in [0.4, 0.5) is 0 Å². The van der Waals surface area contributed by atoms with Gasteiger partial charge in [0, 0.05) is 0 Å². The Labute approximate surface area is 135 Å². The van der Waals surface area contributed by atoms with E-state index >= 15 is 0 Å². The molecule has 120 valence electrons. The summed E-state index contributed by atoms with van der Waals surface area (Å²) in [5.41, 5.74) is 2.90. The van der Waals surface area contributed by atoms with E-state index in [2.05, 4.69) is 4.98 Å². The molecule has 23 heavy (non-hydrogen) atoms. The molecule has 1 heterocycles. The molecule has 0 aliphatic carbocycles. The maximum atomic E-state index is 12.0. The fourth-order valence-electron chi connectivity index (χ4n) is 2.06. The number of pyridine rings is 1. The monoisotopic (exact) mass is 313 g/mol. The summed E-state index contributed by atoms with van der Waals surface area (Å²) in [6.07, 6.45) is 0. The van der Waals surface area contributed by atoms with Crippen LogP contribution in [0.25, 0.3) is 11.1 Å². The van der Waals surface area contributed by atoms with Crippen molar-refractivity contribution in [3.8, 4) is 11.1 Å². The Hall–Kier alpha value is -2.69.